The van der Waals surface area contributed by atoms with Crippen LogP contribution in [0.3, 0.4) is 0 Å². The summed E-state index contributed by atoms with van der Waals surface area (Å²) in [5.41, 5.74) is 1.36. The molecular weight excluding hydrogens is 471 g/mol. The molecule has 31 heavy (non-hydrogen) atoms. The van der Waals surface area contributed by atoms with Gasteiger partial charge in [0.2, 0.25) is 0 Å². The highest BCUT2D eigenvalue weighted by molar-refractivity contribution is 9.10. The molecule has 0 saturated heterocycles. The maximum absolute atomic E-state index is 12.7. The van der Waals surface area contributed by atoms with Gasteiger partial charge in [-0.05, 0) is 54.3 Å². The number of benzene rings is 3. The number of hydrogen-bond donors (Lipinski definition) is 0. The first-order valence-electron chi connectivity index (χ1n) is 9.59. The Morgan fingerprint density at radius 2 is 1.58 bits per heavy atom. The fourth-order valence-electron chi connectivity index (χ4n) is 3.84. The van der Waals surface area contributed by atoms with Gasteiger partial charge in [-0.3, -0.25) is 0 Å². The molecule has 1 unspecified atom stereocenters. The van der Waals surface area contributed by atoms with E-state index < -0.39 is 23.1 Å². The largest absolute Gasteiger partial charge is 0.416 e. The lowest BCUT2D eigenvalue weighted by molar-refractivity contribution is -0.137. The molecule has 0 aromatic heterocycles. The number of carbonyl (C=O) groups excluding carboxylic acids is 1. The van der Waals surface area contributed by atoms with Crippen LogP contribution in [0.1, 0.15) is 39.9 Å². The summed E-state index contributed by atoms with van der Waals surface area (Å²) in [5.74, 6) is -0.804. The number of oxime groups is 1. The summed E-state index contributed by atoms with van der Waals surface area (Å²) in [4.78, 5) is 17.5. The summed E-state index contributed by atoms with van der Waals surface area (Å²) in [6.07, 6.45) is -3.04. The summed E-state index contributed by atoms with van der Waals surface area (Å²) in [6.45, 7) is 0. The van der Waals surface area contributed by atoms with Crippen molar-refractivity contribution >= 4 is 27.6 Å². The third-order valence-corrected chi connectivity index (χ3v) is 6.21. The normalized spacial score (nSPS) is 19.7. The topological polar surface area (TPSA) is 38.7 Å². The summed E-state index contributed by atoms with van der Waals surface area (Å²) in [7, 11) is 0. The SMILES string of the molecule is O=C(ON=C1CCC1(c1ccccc1)c1ccccc1Br)c1ccc(C(F)(F)F)cc1. The Balaban J connectivity index is 1.64. The van der Waals surface area contributed by atoms with Gasteiger partial charge in [0, 0.05) is 4.47 Å². The highest BCUT2D eigenvalue weighted by atomic mass is 79.9. The van der Waals surface area contributed by atoms with Gasteiger partial charge in [0.25, 0.3) is 0 Å². The van der Waals surface area contributed by atoms with Gasteiger partial charge in [-0.15, -0.1) is 0 Å². The van der Waals surface area contributed by atoms with Crippen molar-refractivity contribution in [1.29, 1.82) is 0 Å². The molecule has 3 aromatic carbocycles. The van der Waals surface area contributed by atoms with E-state index in [0.717, 1.165) is 46.3 Å². The van der Waals surface area contributed by atoms with Gasteiger partial charge in [-0.1, -0.05) is 69.6 Å². The minimum absolute atomic E-state index is 0.00266. The van der Waals surface area contributed by atoms with E-state index in [-0.39, 0.29) is 5.56 Å². The van der Waals surface area contributed by atoms with Gasteiger partial charge < -0.3 is 4.84 Å². The van der Waals surface area contributed by atoms with E-state index in [4.69, 9.17) is 4.84 Å². The molecule has 0 heterocycles. The van der Waals surface area contributed by atoms with Crippen LogP contribution in [-0.2, 0) is 16.4 Å². The zero-order valence-electron chi connectivity index (χ0n) is 16.2. The molecular formula is C24H17BrF3NO2. The molecule has 0 N–H and O–H groups in total. The lowest BCUT2D eigenvalue weighted by Crippen LogP contribution is -2.46. The highest BCUT2D eigenvalue weighted by Crippen LogP contribution is 2.49. The van der Waals surface area contributed by atoms with Crippen LogP contribution < -0.4 is 0 Å². The third-order valence-electron chi connectivity index (χ3n) is 5.52. The summed E-state index contributed by atoms with van der Waals surface area (Å²) in [5, 5.41) is 4.15. The quantitative estimate of drug-likeness (QED) is 0.301. The molecule has 0 radical (unpaired) electrons. The van der Waals surface area contributed by atoms with Gasteiger partial charge in [0.15, 0.2) is 0 Å². The lowest BCUT2D eigenvalue weighted by Gasteiger charge is -2.44. The van der Waals surface area contributed by atoms with Gasteiger partial charge in [0.05, 0.1) is 22.3 Å². The summed E-state index contributed by atoms with van der Waals surface area (Å²) < 4.78 is 39.1. The first-order valence-corrected chi connectivity index (χ1v) is 10.4. The molecule has 1 atom stereocenters. The maximum atomic E-state index is 12.7. The molecule has 0 bridgehead atoms. The monoisotopic (exact) mass is 487 g/mol. The van der Waals surface area contributed by atoms with Crippen LogP contribution >= 0.6 is 15.9 Å². The van der Waals surface area contributed by atoms with Crippen molar-refractivity contribution in [2.45, 2.75) is 24.4 Å². The number of alkyl halides is 3. The highest BCUT2D eigenvalue weighted by Gasteiger charge is 2.48. The predicted molar refractivity (Wildman–Crippen MR) is 115 cm³/mol. The van der Waals surface area contributed by atoms with E-state index in [2.05, 4.69) is 21.1 Å². The number of nitrogens with zero attached hydrogens (tertiary/aromatic N) is 1. The van der Waals surface area contributed by atoms with Crippen LogP contribution in [0.2, 0.25) is 0 Å². The zero-order valence-corrected chi connectivity index (χ0v) is 17.8. The summed E-state index contributed by atoms with van der Waals surface area (Å²) >= 11 is 3.62. The van der Waals surface area contributed by atoms with Crippen LogP contribution in [0.15, 0.2) is 88.5 Å². The van der Waals surface area contributed by atoms with Gasteiger partial charge >= 0.3 is 12.1 Å². The molecule has 1 saturated carbocycles. The smallest absolute Gasteiger partial charge is 0.313 e. The lowest BCUT2D eigenvalue weighted by atomic mass is 9.59. The molecule has 3 nitrogen and oxygen atoms in total. The second-order valence-electron chi connectivity index (χ2n) is 7.24. The number of hydrogen-bond acceptors (Lipinski definition) is 3. The second-order valence-corrected chi connectivity index (χ2v) is 8.10. The molecule has 1 aliphatic rings. The van der Waals surface area contributed by atoms with Gasteiger partial charge in [-0.2, -0.15) is 13.2 Å². The number of rotatable bonds is 4. The predicted octanol–water partition coefficient (Wildman–Crippen LogP) is 6.76. The Kier molecular flexibility index (Phi) is 5.71. The van der Waals surface area contributed by atoms with Crippen molar-refractivity contribution in [1.82, 2.24) is 0 Å². The van der Waals surface area contributed by atoms with Crippen LogP contribution in [0, 0.1) is 0 Å². The zero-order chi connectivity index (χ0) is 22.1. The fourth-order valence-corrected chi connectivity index (χ4v) is 4.46. The number of carbonyl (C=O) groups is 1. The van der Waals surface area contributed by atoms with Crippen molar-refractivity contribution < 1.29 is 22.8 Å². The van der Waals surface area contributed by atoms with Crippen LogP contribution in [-0.4, -0.2) is 11.7 Å². The van der Waals surface area contributed by atoms with E-state index in [1.165, 1.54) is 0 Å². The van der Waals surface area contributed by atoms with E-state index in [1.807, 2.05) is 54.6 Å². The van der Waals surface area contributed by atoms with Crippen molar-refractivity contribution in [2.24, 2.45) is 5.16 Å². The van der Waals surface area contributed by atoms with Gasteiger partial charge in [-0.25, -0.2) is 4.79 Å². The minimum atomic E-state index is -4.47. The first kappa shape index (κ1) is 21.3. The Labute approximate surface area is 185 Å². The minimum Gasteiger partial charge on any atom is -0.313 e. The standard InChI is InChI=1S/C24H17BrF3NO2/c25-20-9-5-4-8-19(20)23(17-6-2-1-3-7-17)15-14-21(23)29-31-22(30)16-10-12-18(13-11-16)24(26,27)28/h1-13H,14-15H2. The van der Waals surface area contributed by atoms with Gasteiger partial charge in [0.1, 0.15) is 0 Å². The number of halogens is 4. The molecule has 3 aromatic rings. The average molecular weight is 488 g/mol. The van der Waals surface area contributed by atoms with Crippen molar-refractivity contribution in [3.63, 3.8) is 0 Å². The second kappa shape index (κ2) is 8.30. The van der Waals surface area contributed by atoms with E-state index >= 15 is 0 Å². The molecule has 158 valence electrons. The first-order chi connectivity index (χ1) is 14.8. The van der Waals surface area contributed by atoms with Crippen LogP contribution in [0.25, 0.3) is 0 Å². The Bertz CT molecular complexity index is 1130. The summed E-state index contributed by atoms with van der Waals surface area (Å²) in [6, 6.07) is 21.5. The molecule has 1 fully saturated rings. The molecule has 4 rings (SSSR count). The molecule has 0 spiro atoms. The van der Waals surface area contributed by atoms with E-state index in [9.17, 15) is 18.0 Å². The maximum Gasteiger partial charge on any atom is 0.416 e. The van der Waals surface area contributed by atoms with Crippen LogP contribution in [0.4, 0.5) is 13.2 Å². The van der Waals surface area contributed by atoms with Crippen molar-refractivity contribution in [2.75, 3.05) is 0 Å². The Morgan fingerprint density at radius 3 is 2.16 bits per heavy atom. The Morgan fingerprint density at radius 1 is 0.935 bits per heavy atom. The molecule has 1 aliphatic carbocycles. The van der Waals surface area contributed by atoms with E-state index in [1.54, 1.807) is 0 Å². The molecule has 7 heteroatoms. The van der Waals surface area contributed by atoms with Crippen molar-refractivity contribution in [3.8, 4) is 0 Å². The fraction of sp³-hybridized carbons (Fsp3) is 0.167. The van der Waals surface area contributed by atoms with Crippen molar-refractivity contribution in [3.05, 3.63) is 106 Å². The van der Waals surface area contributed by atoms with E-state index in [0.29, 0.717) is 12.1 Å². The van der Waals surface area contributed by atoms with Crippen LogP contribution in [0.5, 0.6) is 0 Å². The Hall–Kier alpha value is -2.93. The molecule has 0 amide bonds. The third kappa shape index (κ3) is 4.02. The molecule has 0 aliphatic heterocycles. The average Bonchev–Trinajstić information content (AvgIpc) is 2.75.